The van der Waals surface area contributed by atoms with Crippen LogP contribution in [0.3, 0.4) is 0 Å². The van der Waals surface area contributed by atoms with Crippen molar-refractivity contribution in [2.75, 3.05) is 0 Å². The summed E-state index contributed by atoms with van der Waals surface area (Å²) in [7, 11) is 0. The fourth-order valence-corrected chi connectivity index (χ4v) is 1.56. The standard InChI is InChI=1S/C13H7FNO/c14-10-5-3-4-9(8-10)13-15-11-6-1-2-7-12(11)16-13/h1,3-8H. The maximum atomic E-state index is 13.0. The summed E-state index contributed by atoms with van der Waals surface area (Å²) in [6.45, 7) is 0. The fraction of sp³-hybridized carbons (Fsp3) is 0. The zero-order chi connectivity index (χ0) is 11.0. The van der Waals surface area contributed by atoms with E-state index in [1.807, 2.05) is 6.07 Å². The van der Waals surface area contributed by atoms with Gasteiger partial charge in [-0.15, -0.1) is 0 Å². The molecule has 0 unspecified atom stereocenters. The highest BCUT2D eigenvalue weighted by molar-refractivity contribution is 5.75. The van der Waals surface area contributed by atoms with Crippen LogP contribution in [-0.2, 0) is 0 Å². The van der Waals surface area contributed by atoms with Gasteiger partial charge in [0, 0.05) is 5.56 Å². The van der Waals surface area contributed by atoms with Gasteiger partial charge in [-0.3, -0.25) is 0 Å². The van der Waals surface area contributed by atoms with E-state index in [9.17, 15) is 4.39 Å². The molecule has 1 aromatic heterocycles. The van der Waals surface area contributed by atoms with Crippen LogP contribution in [0.5, 0.6) is 0 Å². The third-order valence-electron chi connectivity index (χ3n) is 2.30. The molecule has 0 bridgehead atoms. The molecule has 0 aliphatic rings. The minimum absolute atomic E-state index is 0.300. The quantitative estimate of drug-likeness (QED) is 0.617. The van der Waals surface area contributed by atoms with Crippen molar-refractivity contribution in [3.63, 3.8) is 0 Å². The molecule has 77 valence electrons. The van der Waals surface area contributed by atoms with Gasteiger partial charge in [0.15, 0.2) is 5.58 Å². The normalized spacial score (nSPS) is 10.8. The second-order valence-electron chi connectivity index (χ2n) is 3.42. The number of fused-ring (bicyclic) bond motifs is 1. The summed E-state index contributed by atoms with van der Waals surface area (Å²) in [4.78, 5) is 4.27. The maximum Gasteiger partial charge on any atom is 0.227 e. The average molecular weight is 212 g/mol. The Labute approximate surface area is 91.3 Å². The second kappa shape index (κ2) is 3.45. The van der Waals surface area contributed by atoms with Crippen LogP contribution in [0.15, 0.2) is 46.9 Å². The molecule has 1 heterocycles. The predicted octanol–water partition coefficient (Wildman–Crippen LogP) is 3.43. The van der Waals surface area contributed by atoms with Crippen molar-refractivity contribution in [3.05, 3.63) is 54.3 Å². The molecule has 0 aliphatic carbocycles. The maximum absolute atomic E-state index is 13.0. The van der Waals surface area contributed by atoms with Gasteiger partial charge in [0.2, 0.25) is 5.89 Å². The molecule has 0 aliphatic heterocycles. The van der Waals surface area contributed by atoms with Crippen molar-refractivity contribution in [1.29, 1.82) is 0 Å². The van der Waals surface area contributed by atoms with E-state index in [2.05, 4.69) is 11.1 Å². The van der Waals surface area contributed by atoms with E-state index in [0.29, 0.717) is 17.0 Å². The van der Waals surface area contributed by atoms with Crippen molar-refractivity contribution < 1.29 is 8.81 Å². The number of halogens is 1. The summed E-state index contributed by atoms with van der Waals surface area (Å²) < 4.78 is 18.5. The molecule has 3 aromatic rings. The third kappa shape index (κ3) is 1.46. The SMILES string of the molecule is Fc1cccc(-c2nc3cc[c]cc3o2)c1. The number of nitrogens with zero attached hydrogens (tertiary/aromatic N) is 1. The summed E-state index contributed by atoms with van der Waals surface area (Å²) in [5, 5.41) is 0. The summed E-state index contributed by atoms with van der Waals surface area (Å²) in [6, 6.07) is 14.4. The highest BCUT2D eigenvalue weighted by atomic mass is 19.1. The average Bonchev–Trinajstić information content (AvgIpc) is 2.72. The van der Waals surface area contributed by atoms with Crippen LogP contribution in [0.1, 0.15) is 0 Å². The zero-order valence-electron chi connectivity index (χ0n) is 8.27. The highest BCUT2D eigenvalue weighted by Gasteiger charge is 2.07. The van der Waals surface area contributed by atoms with Crippen LogP contribution >= 0.6 is 0 Å². The molecule has 2 aromatic carbocycles. The third-order valence-corrected chi connectivity index (χ3v) is 2.30. The summed E-state index contributed by atoms with van der Waals surface area (Å²) in [5.74, 6) is 0.125. The molecule has 0 N–H and O–H groups in total. The number of aromatic nitrogens is 1. The first-order valence-electron chi connectivity index (χ1n) is 4.85. The number of hydrogen-bond donors (Lipinski definition) is 0. The van der Waals surface area contributed by atoms with Crippen molar-refractivity contribution in [1.82, 2.24) is 4.98 Å². The van der Waals surface area contributed by atoms with Crippen LogP contribution in [-0.4, -0.2) is 4.98 Å². The lowest BCUT2D eigenvalue weighted by molar-refractivity contribution is 0.611. The Bertz CT molecular complexity index is 612. The molecule has 3 heteroatoms. The van der Waals surface area contributed by atoms with Gasteiger partial charge in [0.05, 0.1) is 0 Å². The van der Waals surface area contributed by atoms with Crippen molar-refractivity contribution in [3.8, 4) is 11.5 Å². The second-order valence-corrected chi connectivity index (χ2v) is 3.42. The van der Waals surface area contributed by atoms with Gasteiger partial charge in [0.1, 0.15) is 11.3 Å². The lowest BCUT2D eigenvalue weighted by atomic mass is 10.2. The van der Waals surface area contributed by atoms with Crippen molar-refractivity contribution >= 4 is 11.1 Å². The van der Waals surface area contributed by atoms with Crippen LogP contribution < -0.4 is 0 Å². The molecule has 0 fully saturated rings. The smallest absolute Gasteiger partial charge is 0.227 e. The molecule has 3 rings (SSSR count). The molecule has 0 amide bonds. The first-order chi connectivity index (χ1) is 7.83. The van der Waals surface area contributed by atoms with E-state index in [1.54, 1.807) is 24.3 Å². The van der Waals surface area contributed by atoms with Gasteiger partial charge < -0.3 is 4.42 Å². The Hall–Kier alpha value is -2.16. The Kier molecular flexibility index (Phi) is 1.96. The van der Waals surface area contributed by atoms with Gasteiger partial charge in [0.25, 0.3) is 0 Å². The van der Waals surface area contributed by atoms with E-state index in [0.717, 1.165) is 5.52 Å². The Morgan fingerprint density at radius 3 is 3.00 bits per heavy atom. The van der Waals surface area contributed by atoms with Crippen LogP contribution in [0.25, 0.3) is 22.6 Å². The van der Waals surface area contributed by atoms with Crippen LogP contribution in [0.2, 0.25) is 0 Å². The van der Waals surface area contributed by atoms with Gasteiger partial charge in [-0.1, -0.05) is 12.1 Å². The van der Waals surface area contributed by atoms with Crippen LogP contribution in [0, 0.1) is 11.9 Å². The van der Waals surface area contributed by atoms with Gasteiger partial charge >= 0.3 is 0 Å². The van der Waals surface area contributed by atoms with Gasteiger partial charge in [-0.25, -0.2) is 9.37 Å². The van der Waals surface area contributed by atoms with E-state index < -0.39 is 0 Å². The Morgan fingerprint density at radius 2 is 2.19 bits per heavy atom. The molecule has 16 heavy (non-hydrogen) atoms. The minimum atomic E-state index is -0.300. The van der Waals surface area contributed by atoms with Crippen molar-refractivity contribution in [2.45, 2.75) is 0 Å². The lowest BCUT2D eigenvalue weighted by Crippen LogP contribution is -1.78. The summed E-state index contributed by atoms with van der Waals surface area (Å²) >= 11 is 0. The van der Waals surface area contributed by atoms with Gasteiger partial charge in [-0.05, 0) is 36.4 Å². The lowest BCUT2D eigenvalue weighted by Gasteiger charge is -1.93. The van der Waals surface area contributed by atoms with E-state index >= 15 is 0 Å². The molecule has 0 atom stereocenters. The van der Waals surface area contributed by atoms with E-state index in [-0.39, 0.29) is 5.82 Å². The molecule has 0 saturated carbocycles. The molecular weight excluding hydrogens is 205 g/mol. The predicted molar refractivity (Wildman–Crippen MR) is 58.2 cm³/mol. The summed E-state index contributed by atoms with van der Waals surface area (Å²) in [6.07, 6.45) is 0. The minimum Gasteiger partial charge on any atom is -0.436 e. The molecular formula is C13H7FNO. The topological polar surface area (TPSA) is 26.0 Å². The van der Waals surface area contributed by atoms with Crippen molar-refractivity contribution in [2.24, 2.45) is 0 Å². The monoisotopic (exact) mass is 212 g/mol. The Morgan fingerprint density at radius 1 is 1.25 bits per heavy atom. The molecule has 1 radical (unpaired) electrons. The number of oxazole rings is 1. The molecule has 2 nitrogen and oxygen atoms in total. The number of benzene rings is 2. The zero-order valence-corrected chi connectivity index (χ0v) is 8.27. The van der Waals surface area contributed by atoms with E-state index in [1.165, 1.54) is 12.1 Å². The first-order valence-corrected chi connectivity index (χ1v) is 4.85. The first kappa shape index (κ1) is 9.09. The fourth-order valence-electron chi connectivity index (χ4n) is 1.56. The van der Waals surface area contributed by atoms with Crippen LogP contribution in [0.4, 0.5) is 4.39 Å². The largest absolute Gasteiger partial charge is 0.436 e. The number of hydrogen-bond acceptors (Lipinski definition) is 2. The molecule has 0 spiro atoms. The van der Waals surface area contributed by atoms with Gasteiger partial charge in [-0.2, -0.15) is 0 Å². The Balaban J connectivity index is 2.19. The summed E-state index contributed by atoms with van der Waals surface area (Å²) in [5.41, 5.74) is 2.04. The van der Waals surface area contributed by atoms with E-state index in [4.69, 9.17) is 4.42 Å². The highest BCUT2D eigenvalue weighted by Crippen LogP contribution is 2.24. The molecule has 0 saturated heterocycles. The number of rotatable bonds is 1.